The predicted octanol–water partition coefficient (Wildman–Crippen LogP) is 2.17. The average molecular weight is 374 g/mol. The van der Waals surface area contributed by atoms with Gasteiger partial charge in [0.1, 0.15) is 0 Å². The Morgan fingerprint density at radius 1 is 1.04 bits per heavy atom. The molecule has 0 heterocycles. The normalized spacial score (nSPS) is 13.9. The molecule has 2 aromatic rings. The molecule has 1 aliphatic rings. The smallest absolute Gasteiger partial charge is 0.337 e. The van der Waals surface area contributed by atoms with Gasteiger partial charge in [-0.25, -0.2) is 17.9 Å². The van der Waals surface area contributed by atoms with Crippen molar-refractivity contribution < 1.29 is 22.7 Å². The Kier molecular flexibility index (Phi) is 5.06. The fourth-order valence-electron chi connectivity index (χ4n) is 2.32. The number of esters is 1. The van der Waals surface area contributed by atoms with E-state index in [1.54, 1.807) is 18.2 Å². The molecule has 1 aliphatic carbocycles. The quantitative estimate of drug-likeness (QED) is 0.755. The molecule has 0 saturated heterocycles. The molecule has 3 rings (SSSR count). The lowest BCUT2D eigenvalue weighted by atomic mass is 10.1. The van der Waals surface area contributed by atoms with Crippen molar-refractivity contribution in [2.75, 3.05) is 12.4 Å². The van der Waals surface area contributed by atoms with Crippen molar-refractivity contribution in [1.82, 2.24) is 4.72 Å². The van der Waals surface area contributed by atoms with Gasteiger partial charge in [-0.15, -0.1) is 0 Å². The van der Waals surface area contributed by atoms with E-state index in [-0.39, 0.29) is 10.9 Å². The molecular weight excluding hydrogens is 356 g/mol. The van der Waals surface area contributed by atoms with E-state index in [2.05, 4.69) is 14.8 Å². The molecule has 1 amide bonds. The van der Waals surface area contributed by atoms with Gasteiger partial charge in [-0.05, 0) is 55.3 Å². The van der Waals surface area contributed by atoms with Crippen LogP contribution in [0.3, 0.4) is 0 Å². The first-order chi connectivity index (χ1) is 12.4. The number of amides is 1. The molecular formula is C18H18N2O5S. The molecule has 2 N–H and O–H groups in total. The molecule has 2 aromatic carbocycles. The summed E-state index contributed by atoms with van der Waals surface area (Å²) in [6.45, 7) is 0. The average Bonchev–Trinajstić information content (AvgIpc) is 3.44. The van der Waals surface area contributed by atoms with Gasteiger partial charge < -0.3 is 10.1 Å². The Morgan fingerprint density at radius 3 is 2.35 bits per heavy atom. The summed E-state index contributed by atoms with van der Waals surface area (Å²) in [6.07, 6.45) is 1.70. The Balaban J connectivity index is 1.71. The Hall–Kier alpha value is -2.71. The number of carbonyl (C=O) groups is 2. The molecule has 1 fully saturated rings. The Morgan fingerprint density at radius 2 is 1.73 bits per heavy atom. The van der Waals surface area contributed by atoms with Crippen molar-refractivity contribution in [3.8, 4) is 0 Å². The third-order valence-electron chi connectivity index (χ3n) is 3.87. The molecule has 1 saturated carbocycles. The summed E-state index contributed by atoms with van der Waals surface area (Å²) < 4.78 is 31.5. The van der Waals surface area contributed by atoms with Crippen LogP contribution in [0.4, 0.5) is 5.69 Å². The van der Waals surface area contributed by atoms with Crippen molar-refractivity contribution in [3.63, 3.8) is 0 Å². The molecule has 0 unspecified atom stereocenters. The van der Waals surface area contributed by atoms with E-state index >= 15 is 0 Å². The standard InChI is InChI=1S/C18H18N2O5S/c1-25-18(22)13-3-2-4-15(11-13)19-17(21)12-5-9-16(10-6-12)26(23,24)20-14-7-8-14/h2-6,9-11,14,20H,7-8H2,1H3,(H,19,21). The van der Waals surface area contributed by atoms with E-state index in [0.717, 1.165) is 12.8 Å². The van der Waals surface area contributed by atoms with Gasteiger partial charge in [-0.2, -0.15) is 0 Å². The van der Waals surface area contributed by atoms with Gasteiger partial charge in [0, 0.05) is 17.3 Å². The van der Waals surface area contributed by atoms with E-state index in [0.29, 0.717) is 16.8 Å². The summed E-state index contributed by atoms with van der Waals surface area (Å²) in [6, 6.07) is 12.0. The maximum Gasteiger partial charge on any atom is 0.337 e. The summed E-state index contributed by atoms with van der Waals surface area (Å²) in [5.74, 6) is -0.912. The number of benzene rings is 2. The molecule has 0 spiro atoms. The molecule has 0 aromatic heterocycles. The number of hydrogen-bond donors (Lipinski definition) is 2. The highest BCUT2D eigenvalue weighted by atomic mass is 32.2. The number of ether oxygens (including phenoxy) is 1. The van der Waals surface area contributed by atoms with Crippen LogP contribution in [-0.2, 0) is 14.8 Å². The molecule has 7 nitrogen and oxygen atoms in total. The minimum absolute atomic E-state index is 0.0186. The highest BCUT2D eigenvalue weighted by Gasteiger charge is 2.27. The second-order valence-corrected chi connectivity index (χ2v) is 7.66. The zero-order valence-corrected chi connectivity index (χ0v) is 14.9. The summed E-state index contributed by atoms with van der Waals surface area (Å²) >= 11 is 0. The van der Waals surface area contributed by atoms with Crippen LogP contribution in [0.5, 0.6) is 0 Å². The third kappa shape index (κ3) is 4.27. The minimum atomic E-state index is -3.55. The summed E-state index contributed by atoms with van der Waals surface area (Å²) in [4.78, 5) is 24.0. The van der Waals surface area contributed by atoms with Crippen molar-refractivity contribution in [2.24, 2.45) is 0 Å². The maximum absolute atomic E-state index is 12.3. The molecule has 136 valence electrons. The van der Waals surface area contributed by atoms with Gasteiger partial charge >= 0.3 is 5.97 Å². The highest BCUT2D eigenvalue weighted by molar-refractivity contribution is 7.89. The predicted molar refractivity (Wildman–Crippen MR) is 95.5 cm³/mol. The molecule has 0 radical (unpaired) electrons. The van der Waals surface area contributed by atoms with Crippen molar-refractivity contribution in [3.05, 3.63) is 59.7 Å². The number of sulfonamides is 1. The number of anilines is 1. The van der Waals surface area contributed by atoms with E-state index < -0.39 is 21.9 Å². The first-order valence-electron chi connectivity index (χ1n) is 8.01. The van der Waals surface area contributed by atoms with Crippen LogP contribution in [0, 0.1) is 0 Å². The van der Waals surface area contributed by atoms with E-state index in [1.807, 2.05) is 0 Å². The largest absolute Gasteiger partial charge is 0.465 e. The van der Waals surface area contributed by atoms with Gasteiger partial charge in [0.2, 0.25) is 10.0 Å². The summed E-state index contributed by atoms with van der Waals surface area (Å²) in [7, 11) is -2.27. The number of hydrogen-bond acceptors (Lipinski definition) is 5. The van der Waals surface area contributed by atoms with E-state index in [9.17, 15) is 18.0 Å². The lowest BCUT2D eigenvalue weighted by Crippen LogP contribution is -2.25. The third-order valence-corrected chi connectivity index (χ3v) is 5.40. The van der Waals surface area contributed by atoms with E-state index in [4.69, 9.17) is 0 Å². The van der Waals surface area contributed by atoms with Crippen molar-refractivity contribution >= 4 is 27.6 Å². The molecule has 0 aliphatic heterocycles. The fraction of sp³-hybridized carbons (Fsp3) is 0.222. The second-order valence-electron chi connectivity index (χ2n) is 5.95. The van der Waals surface area contributed by atoms with Crippen LogP contribution in [0.2, 0.25) is 0 Å². The van der Waals surface area contributed by atoms with Gasteiger partial charge in [0.05, 0.1) is 17.6 Å². The van der Waals surface area contributed by atoms with Crippen LogP contribution in [-0.4, -0.2) is 33.4 Å². The lowest BCUT2D eigenvalue weighted by molar-refractivity contribution is 0.0600. The monoisotopic (exact) mass is 374 g/mol. The van der Waals surface area contributed by atoms with Gasteiger partial charge in [-0.1, -0.05) is 6.07 Å². The van der Waals surface area contributed by atoms with Crippen LogP contribution in [0.1, 0.15) is 33.6 Å². The zero-order chi connectivity index (χ0) is 18.7. The minimum Gasteiger partial charge on any atom is -0.465 e. The zero-order valence-electron chi connectivity index (χ0n) is 14.1. The van der Waals surface area contributed by atoms with Crippen LogP contribution >= 0.6 is 0 Å². The molecule has 26 heavy (non-hydrogen) atoms. The van der Waals surface area contributed by atoms with Gasteiger partial charge in [0.25, 0.3) is 5.91 Å². The lowest BCUT2D eigenvalue weighted by Gasteiger charge is -2.08. The molecule has 8 heteroatoms. The SMILES string of the molecule is COC(=O)c1cccc(NC(=O)c2ccc(S(=O)(=O)NC3CC3)cc2)c1. The van der Waals surface area contributed by atoms with Gasteiger partial charge in [0.15, 0.2) is 0 Å². The first kappa shape index (κ1) is 18.1. The summed E-state index contributed by atoms with van der Waals surface area (Å²) in [5, 5.41) is 2.67. The van der Waals surface area contributed by atoms with Crippen LogP contribution in [0.25, 0.3) is 0 Å². The Bertz CT molecular complexity index is 934. The first-order valence-corrected chi connectivity index (χ1v) is 9.49. The Labute approximate surface area is 151 Å². The maximum atomic E-state index is 12.3. The second kappa shape index (κ2) is 7.27. The van der Waals surface area contributed by atoms with Crippen LogP contribution < -0.4 is 10.0 Å². The number of rotatable bonds is 6. The topological polar surface area (TPSA) is 102 Å². The summed E-state index contributed by atoms with van der Waals surface area (Å²) in [5.41, 5.74) is 1.06. The fourth-order valence-corrected chi connectivity index (χ4v) is 3.62. The van der Waals surface area contributed by atoms with E-state index in [1.165, 1.54) is 37.4 Å². The van der Waals surface area contributed by atoms with Gasteiger partial charge in [-0.3, -0.25) is 4.79 Å². The number of methoxy groups -OCH3 is 1. The van der Waals surface area contributed by atoms with Crippen LogP contribution in [0.15, 0.2) is 53.4 Å². The van der Waals surface area contributed by atoms with Crippen molar-refractivity contribution in [2.45, 2.75) is 23.8 Å². The van der Waals surface area contributed by atoms with Crippen molar-refractivity contribution in [1.29, 1.82) is 0 Å². The highest BCUT2D eigenvalue weighted by Crippen LogP contribution is 2.22. The molecule has 0 atom stereocenters. The number of carbonyl (C=O) groups excluding carboxylic acids is 2. The molecule has 0 bridgehead atoms. The number of nitrogens with one attached hydrogen (secondary N) is 2.